The van der Waals surface area contributed by atoms with Crippen molar-refractivity contribution in [2.75, 3.05) is 16.6 Å². The van der Waals surface area contributed by atoms with Crippen LogP contribution in [0.1, 0.15) is 30.9 Å². The van der Waals surface area contributed by atoms with E-state index >= 15 is 0 Å². The molecule has 7 heteroatoms. The molecule has 0 bridgehead atoms. The van der Waals surface area contributed by atoms with Crippen molar-refractivity contribution < 1.29 is 13.0 Å². The number of para-hydroxylation sites is 2. The highest BCUT2D eigenvalue weighted by Crippen LogP contribution is 2.33. The van der Waals surface area contributed by atoms with Gasteiger partial charge in [-0.3, -0.25) is 14.6 Å². The second-order valence-electron chi connectivity index (χ2n) is 7.45. The standard InChI is InChI=1S/C17H21N3.C7H8O3S/c1-2-3-13-19-16-11-7-8-12-17(16)20(18-19)14-15-9-5-4-6-10-15;1-6-2-4-7(5-3-6)11(8,9)10/h4-12,18H,2-3,13-14H2,1H3;2-5H,1H3,(H,8,9,10). The monoisotopic (exact) mass is 439 g/mol. The van der Waals surface area contributed by atoms with Gasteiger partial charge in [0.2, 0.25) is 0 Å². The van der Waals surface area contributed by atoms with E-state index in [1.165, 1.54) is 41.9 Å². The Bertz CT molecular complexity index is 1070. The molecule has 0 saturated heterocycles. The van der Waals surface area contributed by atoms with E-state index < -0.39 is 10.1 Å². The molecule has 0 saturated carbocycles. The van der Waals surface area contributed by atoms with E-state index in [2.05, 4.69) is 77.1 Å². The molecule has 0 spiro atoms. The Balaban J connectivity index is 0.000000210. The summed E-state index contributed by atoms with van der Waals surface area (Å²) in [5, 5.41) is 4.47. The van der Waals surface area contributed by atoms with Crippen molar-refractivity contribution >= 4 is 21.5 Å². The molecule has 0 amide bonds. The van der Waals surface area contributed by atoms with Gasteiger partial charge in [-0.2, -0.15) is 8.42 Å². The van der Waals surface area contributed by atoms with Crippen LogP contribution in [-0.2, 0) is 16.7 Å². The van der Waals surface area contributed by atoms with Crippen LogP contribution in [-0.4, -0.2) is 19.5 Å². The van der Waals surface area contributed by atoms with Gasteiger partial charge in [0, 0.05) is 6.54 Å². The molecular formula is C24H29N3O3S. The van der Waals surface area contributed by atoms with Gasteiger partial charge in [0.05, 0.1) is 22.8 Å². The fourth-order valence-electron chi connectivity index (χ4n) is 3.26. The third kappa shape index (κ3) is 6.30. The molecule has 164 valence electrons. The lowest BCUT2D eigenvalue weighted by Crippen LogP contribution is -2.44. The minimum absolute atomic E-state index is 0.0666. The number of anilines is 2. The molecule has 4 rings (SSSR count). The van der Waals surface area contributed by atoms with Crippen molar-refractivity contribution in [2.45, 2.75) is 38.1 Å². The van der Waals surface area contributed by atoms with Crippen molar-refractivity contribution in [2.24, 2.45) is 0 Å². The molecule has 1 aliphatic heterocycles. The van der Waals surface area contributed by atoms with E-state index in [-0.39, 0.29) is 4.90 Å². The Labute approximate surface area is 184 Å². The molecule has 0 aliphatic carbocycles. The quantitative estimate of drug-likeness (QED) is 0.528. The lowest BCUT2D eigenvalue weighted by atomic mass is 10.2. The summed E-state index contributed by atoms with van der Waals surface area (Å²) in [6, 6.07) is 25.1. The number of hydrogen-bond acceptors (Lipinski definition) is 5. The number of unbranched alkanes of at least 4 members (excludes halogenated alkanes) is 1. The Hall–Kier alpha value is -2.87. The molecule has 0 atom stereocenters. The van der Waals surface area contributed by atoms with Gasteiger partial charge < -0.3 is 0 Å². The summed E-state index contributed by atoms with van der Waals surface area (Å²) in [5.74, 6) is 0. The molecule has 3 aromatic rings. The predicted molar refractivity (Wildman–Crippen MR) is 125 cm³/mol. The van der Waals surface area contributed by atoms with Crippen LogP contribution < -0.4 is 15.6 Å². The minimum Gasteiger partial charge on any atom is -0.289 e. The van der Waals surface area contributed by atoms with Gasteiger partial charge >= 0.3 is 0 Å². The smallest absolute Gasteiger partial charge is 0.289 e. The number of rotatable bonds is 6. The van der Waals surface area contributed by atoms with Crippen LogP contribution in [0.4, 0.5) is 11.4 Å². The first-order chi connectivity index (χ1) is 14.9. The first kappa shape index (κ1) is 22.8. The summed E-state index contributed by atoms with van der Waals surface area (Å²) in [7, 11) is -4.02. The van der Waals surface area contributed by atoms with Crippen LogP contribution in [0.2, 0.25) is 0 Å². The predicted octanol–water partition coefficient (Wildman–Crippen LogP) is 4.97. The van der Waals surface area contributed by atoms with Crippen LogP contribution in [0.3, 0.4) is 0 Å². The summed E-state index contributed by atoms with van der Waals surface area (Å²) in [6.45, 7) is 5.98. The molecule has 0 unspecified atom stereocenters. The fraction of sp³-hybridized carbons (Fsp3) is 0.250. The van der Waals surface area contributed by atoms with Gasteiger partial charge in [-0.25, -0.2) is 0 Å². The largest absolute Gasteiger partial charge is 0.294 e. The average Bonchev–Trinajstić information content (AvgIpc) is 3.11. The molecule has 6 nitrogen and oxygen atoms in total. The van der Waals surface area contributed by atoms with E-state index in [0.717, 1.165) is 18.7 Å². The van der Waals surface area contributed by atoms with Crippen molar-refractivity contribution in [1.82, 2.24) is 5.53 Å². The van der Waals surface area contributed by atoms with Gasteiger partial charge in [-0.1, -0.05) is 73.5 Å². The lowest BCUT2D eigenvalue weighted by Gasteiger charge is -2.23. The van der Waals surface area contributed by atoms with E-state index in [1.807, 2.05) is 6.92 Å². The molecular weight excluding hydrogens is 410 g/mol. The molecule has 0 aromatic heterocycles. The maximum Gasteiger partial charge on any atom is 0.294 e. The zero-order valence-electron chi connectivity index (χ0n) is 17.9. The molecule has 0 radical (unpaired) electrons. The second kappa shape index (κ2) is 10.4. The van der Waals surface area contributed by atoms with E-state index in [1.54, 1.807) is 12.1 Å². The maximum atomic E-state index is 10.5. The van der Waals surface area contributed by atoms with E-state index in [0.29, 0.717) is 0 Å². The normalized spacial score (nSPS) is 12.9. The molecule has 3 aromatic carbocycles. The maximum absolute atomic E-state index is 10.5. The molecule has 1 heterocycles. The minimum atomic E-state index is -4.02. The van der Waals surface area contributed by atoms with E-state index in [4.69, 9.17) is 4.55 Å². The highest BCUT2D eigenvalue weighted by molar-refractivity contribution is 7.85. The van der Waals surface area contributed by atoms with Crippen LogP contribution >= 0.6 is 0 Å². The summed E-state index contributed by atoms with van der Waals surface area (Å²) in [4.78, 5) is -0.0666. The Morgan fingerprint density at radius 2 is 1.42 bits per heavy atom. The fourth-order valence-corrected chi connectivity index (χ4v) is 3.74. The average molecular weight is 440 g/mol. The highest BCUT2D eigenvalue weighted by atomic mass is 32.2. The Kier molecular flexibility index (Phi) is 7.68. The topological polar surface area (TPSA) is 72.9 Å². The molecule has 2 N–H and O–H groups in total. The van der Waals surface area contributed by atoms with Crippen molar-refractivity contribution in [1.29, 1.82) is 0 Å². The summed E-state index contributed by atoms with van der Waals surface area (Å²) in [5.41, 5.74) is 8.31. The number of nitrogens with one attached hydrogen (secondary N) is 1. The van der Waals surface area contributed by atoms with Crippen LogP contribution in [0.15, 0.2) is 83.8 Å². The summed E-state index contributed by atoms with van der Waals surface area (Å²) in [6.07, 6.45) is 2.40. The van der Waals surface area contributed by atoms with Gasteiger partial charge in [0.1, 0.15) is 0 Å². The molecule has 1 aliphatic rings. The first-order valence-corrected chi connectivity index (χ1v) is 11.8. The van der Waals surface area contributed by atoms with Gasteiger partial charge in [0.15, 0.2) is 0 Å². The number of fused-ring (bicyclic) bond motifs is 1. The lowest BCUT2D eigenvalue weighted by molar-refractivity contribution is 0.483. The number of aryl methyl sites for hydroxylation is 1. The SMILES string of the molecule is CCCCN1NN(Cc2ccccc2)c2ccccc21.Cc1ccc(S(=O)(=O)O)cc1. The van der Waals surface area contributed by atoms with Crippen LogP contribution in [0.25, 0.3) is 0 Å². The zero-order chi connectivity index (χ0) is 22.3. The van der Waals surface area contributed by atoms with Gasteiger partial charge in [0.25, 0.3) is 10.1 Å². The number of benzene rings is 3. The molecule has 31 heavy (non-hydrogen) atoms. The third-order valence-corrected chi connectivity index (χ3v) is 5.81. The number of hydrogen-bond donors (Lipinski definition) is 2. The summed E-state index contributed by atoms with van der Waals surface area (Å²) < 4.78 is 29.6. The first-order valence-electron chi connectivity index (χ1n) is 10.4. The van der Waals surface area contributed by atoms with Gasteiger partial charge in [-0.15, -0.1) is 5.53 Å². The van der Waals surface area contributed by atoms with Crippen LogP contribution in [0.5, 0.6) is 0 Å². The highest BCUT2D eigenvalue weighted by Gasteiger charge is 2.24. The molecule has 0 fully saturated rings. The van der Waals surface area contributed by atoms with Crippen LogP contribution in [0, 0.1) is 6.92 Å². The summed E-state index contributed by atoms with van der Waals surface area (Å²) >= 11 is 0. The van der Waals surface area contributed by atoms with Crippen molar-refractivity contribution in [3.8, 4) is 0 Å². The van der Waals surface area contributed by atoms with E-state index in [9.17, 15) is 8.42 Å². The van der Waals surface area contributed by atoms with Gasteiger partial charge in [-0.05, 0) is 43.2 Å². The van der Waals surface area contributed by atoms with Crippen molar-refractivity contribution in [3.63, 3.8) is 0 Å². The Morgan fingerprint density at radius 1 is 0.839 bits per heavy atom. The Morgan fingerprint density at radius 3 is 2.00 bits per heavy atom. The third-order valence-electron chi connectivity index (χ3n) is 4.94. The van der Waals surface area contributed by atoms with Crippen molar-refractivity contribution in [3.05, 3.63) is 90.0 Å². The second-order valence-corrected chi connectivity index (χ2v) is 8.88. The number of nitrogens with zero attached hydrogens (tertiary/aromatic N) is 2. The number of hydrazine groups is 2. The zero-order valence-corrected chi connectivity index (χ0v) is 18.7.